The van der Waals surface area contributed by atoms with E-state index in [1.54, 1.807) is 6.92 Å². The smallest absolute Gasteiger partial charge is 0.160 e. The van der Waals surface area contributed by atoms with Crippen molar-refractivity contribution in [2.45, 2.75) is 52.9 Å². The molecule has 0 saturated heterocycles. The van der Waals surface area contributed by atoms with Crippen molar-refractivity contribution < 1.29 is 9.53 Å². The van der Waals surface area contributed by atoms with Crippen LogP contribution in [0, 0.1) is 13.8 Å². The number of benzene rings is 1. The Bertz CT molecular complexity index is 461. The third-order valence-corrected chi connectivity index (χ3v) is 3.68. The number of unbranched alkanes of at least 4 members (excludes halogenated alkanes) is 4. The van der Waals surface area contributed by atoms with E-state index in [2.05, 4.69) is 6.58 Å². The van der Waals surface area contributed by atoms with E-state index in [0.717, 1.165) is 41.9 Å². The average Bonchev–Trinajstić information content (AvgIpc) is 2.42. The Hall–Kier alpha value is -1.57. The Morgan fingerprint density at radius 3 is 2.50 bits per heavy atom. The second kappa shape index (κ2) is 8.57. The molecule has 20 heavy (non-hydrogen) atoms. The van der Waals surface area contributed by atoms with Crippen molar-refractivity contribution in [2.24, 2.45) is 0 Å². The summed E-state index contributed by atoms with van der Waals surface area (Å²) in [7, 11) is 0. The maximum absolute atomic E-state index is 11.5. The third-order valence-electron chi connectivity index (χ3n) is 3.68. The zero-order chi connectivity index (χ0) is 15.0. The third kappa shape index (κ3) is 4.84. The molecule has 2 heteroatoms. The molecule has 1 rings (SSSR count). The highest BCUT2D eigenvalue weighted by Gasteiger charge is 2.10. The van der Waals surface area contributed by atoms with Crippen LogP contribution in [0.2, 0.25) is 0 Å². The molecule has 2 nitrogen and oxygen atoms in total. The number of allylic oxidation sites excluding steroid dienone is 1. The molecular formula is C18H26O2. The van der Waals surface area contributed by atoms with Crippen molar-refractivity contribution >= 4 is 5.78 Å². The van der Waals surface area contributed by atoms with Gasteiger partial charge in [-0.2, -0.15) is 0 Å². The Balaban J connectivity index is 2.43. The first-order valence-corrected chi connectivity index (χ1v) is 7.42. The largest absolute Gasteiger partial charge is 0.493 e. The van der Waals surface area contributed by atoms with Crippen LogP contribution < -0.4 is 4.74 Å². The van der Waals surface area contributed by atoms with Gasteiger partial charge in [0.25, 0.3) is 0 Å². The van der Waals surface area contributed by atoms with Gasteiger partial charge in [-0.1, -0.05) is 18.9 Å². The minimum absolute atomic E-state index is 0.111. The molecule has 110 valence electrons. The molecule has 0 spiro atoms. The Morgan fingerprint density at radius 1 is 1.15 bits per heavy atom. The lowest BCUT2D eigenvalue weighted by Gasteiger charge is -2.13. The van der Waals surface area contributed by atoms with Crippen molar-refractivity contribution in [1.29, 1.82) is 0 Å². The Morgan fingerprint density at radius 2 is 1.85 bits per heavy atom. The average molecular weight is 274 g/mol. The van der Waals surface area contributed by atoms with Crippen molar-refractivity contribution in [2.75, 3.05) is 6.61 Å². The van der Waals surface area contributed by atoms with Crippen LogP contribution in [-0.2, 0) is 0 Å². The SMILES string of the molecule is C=CCCCCCCOc1ccc(C(C)=O)c(C)c1C. The van der Waals surface area contributed by atoms with Crippen LogP contribution in [0.25, 0.3) is 0 Å². The van der Waals surface area contributed by atoms with E-state index in [-0.39, 0.29) is 5.78 Å². The van der Waals surface area contributed by atoms with Crippen LogP contribution in [0.5, 0.6) is 5.75 Å². The number of carbonyl (C=O) groups is 1. The summed E-state index contributed by atoms with van der Waals surface area (Å²) in [6.07, 6.45) is 7.79. The summed E-state index contributed by atoms with van der Waals surface area (Å²) in [6.45, 7) is 10.1. The van der Waals surface area contributed by atoms with E-state index in [1.807, 2.05) is 32.1 Å². The predicted octanol–water partition coefficient (Wildman–Crippen LogP) is 5.02. The van der Waals surface area contributed by atoms with Gasteiger partial charge in [0.2, 0.25) is 0 Å². The molecule has 0 heterocycles. The molecule has 0 amide bonds. The monoisotopic (exact) mass is 274 g/mol. The lowest BCUT2D eigenvalue weighted by Crippen LogP contribution is -2.03. The summed E-state index contributed by atoms with van der Waals surface area (Å²) in [4.78, 5) is 11.5. The van der Waals surface area contributed by atoms with Gasteiger partial charge < -0.3 is 4.74 Å². The number of carbonyl (C=O) groups excluding carboxylic acids is 1. The summed E-state index contributed by atoms with van der Waals surface area (Å²) >= 11 is 0. The van der Waals surface area contributed by atoms with Crippen molar-refractivity contribution in [3.63, 3.8) is 0 Å². The summed E-state index contributed by atoms with van der Waals surface area (Å²) < 4.78 is 5.83. The lowest BCUT2D eigenvalue weighted by molar-refractivity contribution is 0.101. The molecular weight excluding hydrogens is 248 g/mol. The van der Waals surface area contributed by atoms with Gasteiger partial charge in [0.1, 0.15) is 5.75 Å². The van der Waals surface area contributed by atoms with Crippen molar-refractivity contribution in [3.8, 4) is 5.75 Å². The molecule has 0 aliphatic heterocycles. The first kappa shape index (κ1) is 16.5. The van der Waals surface area contributed by atoms with Crippen LogP contribution >= 0.6 is 0 Å². The topological polar surface area (TPSA) is 26.3 Å². The predicted molar refractivity (Wildman–Crippen MR) is 84.7 cm³/mol. The van der Waals surface area contributed by atoms with Crippen molar-refractivity contribution in [1.82, 2.24) is 0 Å². The van der Waals surface area contributed by atoms with E-state index in [1.165, 1.54) is 19.3 Å². The number of rotatable bonds is 9. The molecule has 1 aromatic rings. The van der Waals surface area contributed by atoms with E-state index >= 15 is 0 Å². The van der Waals surface area contributed by atoms with Crippen LogP contribution in [0.15, 0.2) is 24.8 Å². The zero-order valence-corrected chi connectivity index (χ0v) is 13.0. The van der Waals surface area contributed by atoms with Gasteiger partial charge in [-0.3, -0.25) is 4.79 Å². The summed E-state index contributed by atoms with van der Waals surface area (Å²) in [6, 6.07) is 3.78. The first-order valence-electron chi connectivity index (χ1n) is 7.42. The zero-order valence-electron chi connectivity index (χ0n) is 13.0. The van der Waals surface area contributed by atoms with Crippen molar-refractivity contribution in [3.05, 3.63) is 41.5 Å². The highest BCUT2D eigenvalue weighted by atomic mass is 16.5. The highest BCUT2D eigenvalue weighted by molar-refractivity contribution is 5.96. The summed E-state index contributed by atoms with van der Waals surface area (Å²) in [5, 5.41) is 0. The maximum atomic E-state index is 11.5. The Kier molecular flexibility index (Phi) is 7.06. The number of ether oxygens (including phenoxy) is 1. The van der Waals surface area contributed by atoms with E-state index in [9.17, 15) is 4.79 Å². The molecule has 0 atom stereocenters. The van der Waals surface area contributed by atoms with Crippen LogP contribution in [-0.4, -0.2) is 12.4 Å². The van der Waals surface area contributed by atoms with Gasteiger partial charge in [-0.05, 0) is 63.3 Å². The van der Waals surface area contributed by atoms with Gasteiger partial charge in [-0.15, -0.1) is 6.58 Å². The molecule has 0 bridgehead atoms. The van der Waals surface area contributed by atoms with E-state index in [4.69, 9.17) is 4.74 Å². The molecule has 0 saturated carbocycles. The van der Waals surface area contributed by atoms with Crippen LogP contribution in [0.1, 0.15) is 60.5 Å². The molecule has 0 fully saturated rings. The summed E-state index contributed by atoms with van der Waals surface area (Å²) in [5.41, 5.74) is 2.89. The molecule has 0 aliphatic carbocycles. The Labute approximate surface area is 122 Å². The molecule has 0 N–H and O–H groups in total. The second-order valence-electron chi connectivity index (χ2n) is 5.26. The number of ketones is 1. The fraction of sp³-hybridized carbons (Fsp3) is 0.500. The molecule has 0 aliphatic rings. The summed E-state index contributed by atoms with van der Waals surface area (Å²) in [5.74, 6) is 1.01. The van der Waals surface area contributed by atoms with Gasteiger partial charge in [0, 0.05) is 5.56 Å². The van der Waals surface area contributed by atoms with E-state index in [0.29, 0.717) is 0 Å². The second-order valence-corrected chi connectivity index (χ2v) is 5.26. The quantitative estimate of drug-likeness (QED) is 0.359. The van der Waals surface area contributed by atoms with Gasteiger partial charge in [-0.25, -0.2) is 0 Å². The van der Waals surface area contributed by atoms with Gasteiger partial charge in [0.15, 0.2) is 5.78 Å². The first-order chi connectivity index (χ1) is 9.57. The number of hydrogen-bond donors (Lipinski definition) is 0. The number of Topliss-reactive ketones (excluding diaryl/α,β-unsaturated/α-hetero) is 1. The van der Waals surface area contributed by atoms with Crippen LogP contribution in [0.3, 0.4) is 0 Å². The fourth-order valence-electron chi connectivity index (χ4n) is 2.26. The molecule has 0 unspecified atom stereocenters. The molecule has 1 aromatic carbocycles. The normalized spacial score (nSPS) is 10.3. The molecule has 0 radical (unpaired) electrons. The maximum Gasteiger partial charge on any atom is 0.160 e. The van der Waals surface area contributed by atoms with E-state index < -0.39 is 0 Å². The number of hydrogen-bond acceptors (Lipinski definition) is 2. The lowest BCUT2D eigenvalue weighted by atomic mass is 10.00. The fourth-order valence-corrected chi connectivity index (χ4v) is 2.26. The van der Waals surface area contributed by atoms with Gasteiger partial charge in [0.05, 0.1) is 6.61 Å². The molecule has 0 aromatic heterocycles. The standard InChI is InChI=1S/C18H26O2/c1-5-6-7-8-9-10-13-20-18-12-11-17(16(4)19)14(2)15(18)3/h5,11-12H,1,6-10,13H2,2-4H3. The minimum Gasteiger partial charge on any atom is -0.493 e. The highest BCUT2D eigenvalue weighted by Crippen LogP contribution is 2.24. The minimum atomic E-state index is 0.111. The van der Waals surface area contributed by atoms with Gasteiger partial charge >= 0.3 is 0 Å². The van der Waals surface area contributed by atoms with Crippen LogP contribution in [0.4, 0.5) is 0 Å².